The lowest BCUT2D eigenvalue weighted by molar-refractivity contribution is 0.280. The van der Waals surface area contributed by atoms with Crippen molar-refractivity contribution in [1.29, 1.82) is 0 Å². The summed E-state index contributed by atoms with van der Waals surface area (Å²) in [6, 6.07) is -0.225. The Kier molecular flexibility index (Phi) is 5.59. The van der Waals surface area contributed by atoms with E-state index in [4.69, 9.17) is 10.9 Å². The minimum atomic E-state index is -2.98. The fourth-order valence-corrected chi connectivity index (χ4v) is 1.90. The largest absolute Gasteiger partial charge is 0.409 e. The molecule has 1 atom stereocenters. The molecule has 90 valence electrons. The Morgan fingerprint density at radius 2 is 2.13 bits per heavy atom. The molecule has 0 aliphatic rings. The summed E-state index contributed by atoms with van der Waals surface area (Å²) < 4.78 is 21.9. The predicted molar refractivity (Wildman–Crippen MR) is 59.8 cm³/mol. The molecule has 0 amide bonds. The van der Waals surface area contributed by atoms with Gasteiger partial charge in [0.25, 0.3) is 0 Å². The normalized spacial score (nSPS) is 15.6. The summed E-state index contributed by atoms with van der Waals surface area (Å²) in [4.78, 5) is 1.76. The third-order valence-electron chi connectivity index (χ3n) is 2.19. The molecule has 0 aromatic carbocycles. The SMILES string of the molecule is CCC(C(N)=NO)N(C)CCS(C)(=O)=O. The van der Waals surface area contributed by atoms with Gasteiger partial charge in [-0.25, -0.2) is 8.42 Å². The zero-order valence-corrected chi connectivity index (χ0v) is 10.2. The molecule has 0 aromatic rings. The van der Waals surface area contributed by atoms with E-state index in [1.807, 2.05) is 6.92 Å². The summed E-state index contributed by atoms with van der Waals surface area (Å²) >= 11 is 0. The third-order valence-corrected chi connectivity index (χ3v) is 3.11. The molecule has 0 saturated carbocycles. The molecule has 7 heteroatoms. The molecule has 0 bridgehead atoms. The summed E-state index contributed by atoms with van der Waals surface area (Å²) in [6.07, 6.45) is 1.85. The van der Waals surface area contributed by atoms with Crippen LogP contribution in [0.5, 0.6) is 0 Å². The van der Waals surface area contributed by atoms with E-state index in [9.17, 15) is 8.42 Å². The van der Waals surface area contributed by atoms with Crippen molar-refractivity contribution in [2.24, 2.45) is 10.9 Å². The average Bonchev–Trinajstić information content (AvgIpc) is 2.14. The Bertz CT molecular complexity index is 313. The van der Waals surface area contributed by atoms with Gasteiger partial charge in [-0.2, -0.15) is 0 Å². The molecule has 0 aromatic heterocycles. The molecule has 0 heterocycles. The molecule has 1 unspecified atom stereocenters. The van der Waals surface area contributed by atoms with Gasteiger partial charge < -0.3 is 10.9 Å². The zero-order chi connectivity index (χ0) is 12.1. The Balaban J connectivity index is 4.35. The van der Waals surface area contributed by atoms with E-state index in [0.29, 0.717) is 13.0 Å². The molecule has 15 heavy (non-hydrogen) atoms. The lowest BCUT2D eigenvalue weighted by Gasteiger charge is -2.25. The highest BCUT2D eigenvalue weighted by Crippen LogP contribution is 2.02. The highest BCUT2D eigenvalue weighted by atomic mass is 32.2. The minimum Gasteiger partial charge on any atom is -0.409 e. The van der Waals surface area contributed by atoms with Crippen LogP contribution in [0.1, 0.15) is 13.3 Å². The number of amidine groups is 1. The van der Waals surface area contributed by atoms with Gasteiger partial charge in [-0.15, -0.1) is 0 Å². The van der Waals surface area contributed by atoms with Crippen LogP contribution in [0.2, 0.25) is 0 Å². The van der Waals surface area contributed by atoms with Crippen LogP contribution < -0.4 is 5.73 Å². The highest BCUT2D eigenvalue weighted by Gasteiger charge is 2.18. The number of likely N-dealkylation sites (N-methyl/N-ethyl adjacent to an activating group) is 1. The maximum atomic E-state index is 10.9. The maximum Gasteiger partial charge on any atom is 0.156 e. The van der Waals surface area contributed by atoms with Crippen LogP contribution in [0.25, 0.3) is 0 Å². The van der Waals surface area contributed by atoms with E-state index in [0.717, 1.165) is 0 Å². The molecule has 0 rings (SSSR count). The van der Waals surface area contributed by atoms with Gasteiger partial charge in [0, 0.05) is 12.8 Å². The van der Waals surface area contributed by atoms with Crippen molar-refractivity contribution in [3.05, 3.63) is 0 Å². The van der Waals surface area contributed by atoms with E-state index in [1.165, 1.54) is 6.26 Å². The fourth-order valence-electron chi connectivity index (χ4n) is 1.28. The summed E-state index contributed by atoms with van der Waals surface area (Å²) in [6.45, 7) is 2.26. The molecule has 3 N–H and O–H groups in total. The summed E-state index contributed by atoms with van der Waals surface area (Å²) in [5.74, 6) is 0.173. The number of sulfone groups is 1. The van der Waals surface area contributed by atoms with E-state index in [2.05, 4.69) is 5.16 Å². The number of hydrogen-bond acceptors (Lipinski definition) is 5. The maximum absolute atomic E-state index is 10.9. The Morgan fingerprint density at radius 3 is 2.47 bits per heavy atom. The first kappa shape index (κ1) is 14.2. The second kappa shape index (κ2) is 5.92. The summed E-state index contributed by atoms with van der Waals surface area (Å²) in [7, 11) is -1.23. The number of nitrogens with zero attached hydrogens (tertiary/aromatic N) is 2. The van der Waals surface area contributed by atoms with Crippen molar-refractivity contribution in [3.63, 3.8) is 0 Å². The van der Waals surface area contributed by atoms with Gasteiger partial charge in [-0.3, -0.25) is 4.90 Å². The number of hydrogen-bond donors (Lipinski definition) is 2. The molecular formula is C8H19N3O3S. The molecule has 0 radical (unpaired) electrons. The Hall–Kier alpha value is -0.820. The number of oxime groups is 1. The quantitative estimate of drug-likeness (QED) is 0.281. The van der Waals surface area contributed by atoms with Crippen LogP contribution in [0, 0.1) is 0 Å². The van der Waals surface area contributed by atoms with Crippen molar-refractivity contribution in [2.45, 2.75) is 19.4 Å². The average molecular weight is 237 g/mol. The van der Waals surface area contributed by atoms with E-state index in [1.54, 1.807) is 11.9 Å². The molecule has 0 spiro atoms. The second-order valence-electron chi connectivity index (χ2n) is 3.56. The number of nitrogens with two attached hydrogens (primary N) is 1. The number of rotatable bonds is 6. The van der Waals surface area contributed by atoms with Crippen molar-refractivity contribution in [2.75, 3.05) is 25.6 Å². The molecule has 0 aliphatic heterocycles. The van der Waals surface area contributed by atoms with Crippen LogP contribution in [0.3, 0.4) is 0 Å². The van der Waals surface area contributed by atoms with Crippen molar-refractivity contribution >= 4 is 15.7 Å². The first-order chi connectivity index (χ1) is 6.81. The predicted octanol–water partition coefficient (Wildman–Crippen LogP) is -0.512. The Labute approximate surface area is 90.7 Å². The first-order valence-electron chi connectivity index (χ1n) is 4.67. The fraction of sp³-hybridized carbons (Fsp3) is 0.875. The van der Waals surface area contributed by atoms with E-state index < -0.39 is 9.84 Å². The van der Waals surface area contributed by atoms with Crippen LogP contribution >= 0.6 is 0 Å². The molecular weight excluding hydrogens is 218 g/mol. The second-order valence-corrected chi connectivity index (χ2v) is 5.82. The lowest BCUT2D eigenvalue weighted by atomic mass is 10.2. The standard InChI is InChI=1S/C8H19N3O3S/c1-4-7(8(9)10-12)11(2)5-6-15(3,13)14/h7,12H,4-6H2,1-3H3,(H2,9,10). The summed E-state index contributed by atoms with van der Waals surface area (Å²) in [5.41, 5.74) is 5.48. The van der Waals surface area contributed by atoms with Crippen molar-refractivity contribution in [3.8, 4) is 0 Å². The van der Waals surface area contributed by atoms with Gasteiger partial charge in [0.1, 0.15) is 9.84 Å². The van der Waals surface area contributed by atoms with Crippen LogP contribution in [0.15, 0.2) is 5.16 Å². The molecule has 0 aliphatic carbocycles. The smallest absolute Gasteiger partial charge is 0.156 e. The Morgan fingerprint density at radius 1 is 1.60 bits per heavy atom. The van der Waals surface area contributed by atoms with Gasteiger partial charge in [0.05, 0.1) is 11.8 Å². The van der Waals surface area contributed by atoms with E-state index >= 15 is 0 Å². The molecule has 0 fully saturated rings. The lowest BCUT2D eigenvalue weighted by Crippen LogP contribution is -2.44. The molecule has 0 saturated heterocycles. The van der Waals surface area contributed by atoms with Gasteiger partial charge in [-0.1, -0.05) is 12.1 Å². The van der Waals surface area contributed by atoms with Gasteiger partial charge in [0.15, 0.2) is 5.84 Å². The van der Waals surface area contributed by atoms with Gasteiger partial charge in [0.2, 0.25) is 0 Å². The monoisotopic (exact) mass is 237 g/mol. The topological polar surface area (TPSA) is 96.0 Å². The molecule has 6 nitrogen and oxygen atoms in total. The summed E-state index contributed by atoms with van der Waals surface area (Å²) in [5, 5.41) is 11.5. The van der Waals surface area contributed by atoms with Crippen LogP contribution in [-0.4, -0.2) is 56.0 Å². The zero-order valence-electron chi connectivity index (χ0n) is 9.34. The van der Waals surface area contributed by atoms with Gasteiger partial charge in [-0.05, 0) is 13.5 Å². The highest BCUT2D eigenvalue weighted by molar-refractivity contribution is 7.90. The minimum absolute atomic E-state index is 0.0682. The van der Waals surface area contributed by atoms with Crippen LogP contribution in [-0.2, 0) is 9.84 Å². The van der Waals surface area contributed by atoms with Gasteiger partial charge >= 0.3 is 0 Å². The van der Waals surface area contributed by atoms with Crippen molar-refractivity contribution in [1.82, 2.24) is 4.90 Å². The van der Waals surface area contributed by atoms with Crippen LogP contribution in [0.4, 0.5) is 0 Å². The third kappa shape index (κ3) is 5.58. The van der Waals surface area contributed by atoms with Crippen molar-refractivity contribution < 1.29 is 13.6 Å². The first-order valence-corrected chi connectivity index (χ1v) is 6.73. The van der Waals surface area contributed by atoms with E-state index in [-0.39, 0.29) is 17.6 Å².